The molecule has 1 heterocycles. The number of carbonyl (C=O) groups is 1. The molecule has 0 saturated heterocycles. The highest BCUT2D eigenvalue weighted by Gasteiger charge is 2.21. The lowest BCUT2D eigenvalue weighted by molar-refractivity contribution is -0.118. The Balaban J connectivity index is 1.74. The Labute approximate surface area is 174 Å². The van der Waals surface area contributed by atoms with Gasteiger partial charge in [-0.2, -0.15) is 0 Å². The summed E-state index contributed by atoms with van der Waals surface area (Å²) in [6.07, 6.45) is 2.30. The van der Waals surface area contributed by atoms with Crippen molar-refractivity contribution in [3.63, 3.8) is 0 Å². The summed E-state index contributed by atoms with van der Waals surface area (Å²) in [5.74, 6) is 0.891. The fourth-order valence-electron chi connectivity index (χ4n) is 3.69. The number of ether oxygens (including phenoxy) is 1. The first-order valence-electron chi connectivity index (χ1n) is 9.37. The average molecular weight is 405 g/mol. The van der Waals surface area contributed by atoms with Gasteiger partial charge in [0, 0.05) is 41.5 Å². The van der Waals surface area contributed by atoms with E-state index >= 15 is 0 Å². The molecule has 146 valence electrons. The number of aryl methyl sites for hydroxylation is 1. The van der Waals surface area contributed by atoms with Gasteiger partial charge in [-0.05, 0) is 53.6 Å². The molecule has 0 unspecified atom stereocenters. The molecule has 0 fully saturated rings. The first-order valence-corrected chi connectivity index (χ1v) is 9.74. The van der Waals surface area contributed by atoms with E-state index < -0.39 is 0 Å². The molecule has 0 spiro atoms. The number of halogens is 1. The third-order valence-electron chi connectivity index (χ3n) is 5.02. The number of nitrogens with two attached hydrogens (primary N) is 1. The van der Waals surface area contributed by atoms with Gasteiger partial charge in [-0.25, -0.2) is 0 Å². The molecule has 1 aromatic heterocycles. The van der Waals surface area contributed by atoms with Gasteiger partial charge in [0.25, 0.3) is 0 Å². The van der Waals surface area contributed by atoms with Crippen LogP contribution in [0.2, 0.25) is 5.02 Å². The Hall–Kier alpha value is -3.24. The molecule has 4 rings (SSSR count). The largest absolute Gasteiger partial charge is 0.457 e. The lowest BCUT2D eigenvalue weighted by atomic mass is 9.88. The summed E-state index contributed by atoms with van der Waals surface area (Å²) in [6, 6.07) is 23.2. The van der Waals surface area contributed by atoms with E-state index in [0.717, 1.165) is 22.0 Å². The van der Waals surface area contributed by atoms with E-state index in [4.69, 9.17) is 22.1 Å². The van der Waals surface area contributed by atoms with E-state index in [2.05, 4.69) is 22.9 Å². The topological polar surface area (TPSA) is 57.2 Å². The number of carbonyl (C=O) groups excluding carboxylic acids is 1. The molecule has 5 heteroatoms. The number of benzene rings is 3. The van der Waals surface area contributed by atoms with Crippen LogP contribution in [0.1, 0.15) is 23.5 Å². The molecule has 2 N–H and O–H groups in total. The Morgan fingerprint density at radius 1 is 1.03 bits per heavy atom. The molecule has 29 heavy (non-hydrogen) atoms. The maximum absolute atomic E-state index is 11.9. The molecule has 3 aromatic carbocycles. The summed E-state index contributed by atoms with van der Waals surface area (Å²) >= 11 is 5.95. The molecule has 0 radical (unpaired) electrons. The summed E-state index contributed by atoms with van der Waals surface area (Å²) in [6.45, 7) is 0. The van der Waals surface area contributed by atoms with Gasteiger partial charge in [0.1, 0.15) is 11.5 Å². The average Bonchev–Trinajstić information content (AvgIpc) is 3.05. The summed E-state index contributed by atoms with van der Waals surface area (Å²) in [7, 11) is 2.01. The van der Waals surface area contributed by atoms with Crippen molar-refractivity contribution in [1.29, 1.82) is 0 Å². The molecule has 0 aliphatic heterocycles. The molecule has 0 saturated carbocycles. The maximum Gasteiger partial charge on any atom is 0.218 e. The third kappa shape index (κ3) is 4.13. The first-order chi connectivity index (χ1) is 14.0. The minimum atomic E-state index is -0.341. The standard InChI is InChI=1S/C24H21ClN2O2/c1-27-15-22(20-7-2-3-8-23(20)27)21(14-24(26)28)16-5-4-6-19(13-16)29-18-11-9-17(25)10-12-18/h2-13,15,21H,14H2,1H3,(H2,26,28)/t21-/m1/s1. The molecule has 1 amide bonds. The van der Waals surface area contributed by atoms with Crippen LogP contribution in [-0.2, 0) is 11.8 Å². The third-order valence-corrected chi connectivity index (χ3v) is 5.27. The van der Waals surface area contributed by atoms with Gasteiger partial charge in [0.2, 0.25) is 5.91 Å². The monoisotopic (exact) mass is 404 g/mol. The lowest BCUT2D eigenvalue weighted by Gasteiger charge is -2.17. The van der Waals surface area contributed by atoms with Crippen LogP contribution in [0.5, 0.6) is 11.5 Å². The predicted molar refractivity (Wildman–Crippen MR) is 117 cm³/mol. The number of nitrogens with zero attached hydrogens (tertiary/aromatic N) is 1. The van der Waals surface area contributed by atoms with E-state index in [1.165, 1.54) is 0 Å². The Kier molecular flexibility index (Phi) is 5.28. The van der Waals surface area contributed by atoms with Gasteiger partial charge in [-0.1, -0.05) is 41.9 Å². The second-order valence-corrected chi connectivity index (χ2v) is 7.50. The van der Waals surface area contributed by atoms with Crippen molar-refractivity contribution in [2.45, 2.75) is 12.3 Å². The van der Waals surface area contributed by atoms with Gasteiger partial charge in [0.05, 0.1) is 0 Å². The van der Waals surface area contributed by atoms with Crippen LogP contribution in [0.25, 0.3) is 10.9 Å². The lowest BCUT2D eigenvalue weighted by Crippen LogP contribution is -2.16. The Bertz CT molecular complexity index is 1170. The summed E-state index contributed by atoms with van der Waals surface area (Å²) < 4.78 is 8.05. The van der Waals surface area contributed by atoms with Crippen LogP contribution in [0, 0.1) is 0 Å². The van der Waals surface area contributed by atoms with E-state index in [9.17, 15) is 4.79 Å². The molecule has 0 bridgehead atoms. The molecular weight excluding hydrogens is 384 g/mol. The van der Waals surface area contributed by atoms with Crippen molar-refractivity contribution in [3.8, 4) is 11.5 Å². The smallest absolute Gasteiger partial charge is 0.218 e. The van der Waals surface area contributed by atoms with E-state index in [1.807, 2.05) is 55.6 Å². The minimum Gasteiger partial charge on any atom is -0.457 e. The summed E-state index contributed by atoms with van der Waals surface area (Å²) in [5, 5.41) is 1.77. The molecule has 0 aliphatic carbocycles. The van der Waals surface area contributed by atoms with Crippen LogP contribution in [-0.4, -0.2) is 10.5 Å². The molecule has 1 atom stereocenters. The van der Waals surface area contributed by atoms with Crippen LogP contribution in [0.4, 0.5) is 0 Å². The summed E-state index contributed by atoms with van der Waals surface area (Å²) in [4.78, 5) is 11.9. The highest BCUT2D eigenvalue weighted by Crippen LogP contribution is 2.36. The maximum atomic E-state index is 11.9. The second-order valence-electron chi connectivity index (χ2n) is 7.06. The highest BCUT2D eigenvalue weighted by molar-refractivity contribution is 6.30. The normalized spacial score (nSPS) is 12.1. The Morgan fingerprint density at radius 3 is 2.55 bits per heavy atom. The van der Waals surface area contributed by atoms with Crippen LogP contribution in [0.3, 0.4) is 0 Å². The van der Waals surface area contributed by atoms with Crippen LogP contribution >= 0.6 is 11.6 Å². The molecular formula is C24H21ClN2O2. The van der Waals surface area contributed by atoms with Crippen molar-refractivity contribution in [3.05, 3.63) is 95.1 Å². The van der Waals surface area contributed by atoms with Gasteiger partial charge in [0.15, 0.2) is 0 Å². The van der Waals surface area contributed by atoms with Gasteiger partial charge < -0.3 is 15.0 Å². The van der Waals surface area contributed by atoms with E-state index in [0.29, 0.717) is 16.5 Å². The van der Waals surface area contributed by atoms with Gasteiger partial charge >= 0.3 is 0 Å². The summed E-state index contributed by atoms with van der Waals surface area (Å²) in [5.41, 5.74) is 8.77. The van der Waals surface area contributed by atoms with Crippen molar-refractivity contribution in [2.75, 3.05) is 0 Å². The molecule has 4 nitrogen and oxygen atoms in total. The number of rotatable bonds is 6. The predicted octanol–water partition coefficient (Wildman–Crippen LogP) is 5.63. The van der Waals surface area contributed by atoms with Gasteiger partial charge in [-0.15, -0.1) is 0 Å². The number of amides is 1. The number of aromatic nitrogens is 1. The second kappa shape index (κ2) is 8.02. The fourth-order valence-corrected chi connectivity index (χ4v) is 3.82. The van der Waals surface area contributed by atoms with E-state index in [1.54, 1.807) is 12.1 Å². The quantitative estimate of drug-likeness (QED) is 0.452. The number of primary amides is 1. The van der Waals surface area contributed by atoms with E-state index in [-0.39, 0.29) is 18.2 Å². The van der Waals surface area contributed by atoms with Crippen molar-refractivity contribution < 1.29 is 9.53 Å². The number of para-hydroxylation sites is 1. The molecule has 0 aliphatic rings. The zero-order valence-corrected chi connectivity index (χ0v) is 16.8. The van der Waals surface area contributed by atoms with Crippen molar-refractivity contribution >= 4 is 28.4 Å². The Morgan fingerprint density at radius 2 is 1.79 bits per heavy atom. The van der Waals surface area contributed by atoms with Gasteiger partial charge in [-0.3, -0.25) is 4.79 Å². The van der Waals surface area contributed by atoms with Crippen LogP contribution < -0.4 is 10.5 Å². The van der Waals surface area contributed by atoms with Crippen molar-refractivity contribution in [1.82, 2.24) is 4.57 Å². The number of hydrogen-bond acceptors (Lipinski definition) is 2. The fraction of sp³-hybridized carbons (Fsp3) is 0.125. The SMILES string of the molecule is Cn1cc([C@H](CC(N)=O)c2cccc(Oc3ccc(Cl)cc3)c2)c2ccccc21. The zero-order valence-electron chi connectivity index (χ0n) is 16.0. The van der Waals surface area contributed by atoms with Crippen LogP contribution in [0.15, 0.2) is 79.0 Å². The first kappa shape index (κ1) is 19.1. The van der Waals surface area contributed by atoms with Crippen molar-refractivity contribution in [2.24, 2.45) is 12.8 Å². The molecule has 4 aromatic rings. The minimum absolute atomic E-state index is 0.160. The highest BCUT2D eigenvalue weighted by atomic mass is 35.5. The number of hydrogen-bond donors (Lipinski definition) is 1. The zero-order chi connectivity index (χ0) is 20.4. The number of fused-ring (bicyclic) bond motifs is 1.